The van der Waals surface area contributed by atoms with Gasteiger partial charge in [0.1, 0.15) is 17.9 Å². The largest absolute Gasteiger partial charge is 0.368 e. The number of aromatic nitrogens is 2. The third kappa shape index (κ3) is 2.23. The van der Waals surface area contributed by atoms with E-state index in [0.29, 0.717) is 11.2 Å². The molecule has 4 rings (SSSR count). The van der Waals surface area contributed by atoms with Crippen LogP contribution in [0.5, 0.6) is 0 Å². The minimum absolute atomic E-state index is 0.308. The Bertz CT molecular complexity index is 1030. The lowest BCUT2D eigenvalue weighted by Crippen LogP contribution is -2.41. The fourth-order valence-corrected chi connectivity index (χ4v) is 3.81. The second-order valence-electron chi connectivity index (χ2n) is 6.38. The zero-order chi connectivity index (χ0) is 17.6. The minimum Gasteiger partial charge on any atom is -0.368 e. The summed E-state index contributed by atoms with van der Waals surface area (Å²) in [5, 5.41) is 9.68. The lowest BCUT2D eigenvalue weighted by atomic mass is 10.1. The number of pyridine rings is 1. The zero-order valence-electron chi connectivity index (χ0n) is 14.1. The molecule has 1 fully saturated rings. The van der Waals surface area contributed by atoms with Gasteiger partial charge < -0.3 is 10.6 Å². The number of hydrogen-bond donors (Lipinski definition) is 1. The van der Waals surface area contributed by atoms with Crippen molar-refractivity contribution in [3.63, 3.8) is 0 Å². The van der Waals surface area contributed by atoms with Crippen molar-refractivity contribution >= 4 is 28.4 Å². The van der Waals surface area contributed by atoms with Crippen LogP contribution in [0.15, 0.2) is 30.3 Å². The fraction of sp³-hybridized carbons (Fsp3) is 0.316. The van der Waals surface area contributed by atoms with E-state index in [4.69, 9.17) is 10.7 Å². The van der Waals surface area contributed by atoms with Crippen molar-refractivity contribution in [1.82, 2.24) is 9.38 Å². The molecule has 0 radical (unpaired) electrons. The highest BCUT2D eigenvalue weighted by molar-refractivity contribution is 5.88. The van der Waals surface area contributed by atoms with Gasteiger partial charge in [-0.1, -0.05) is 19.1 Å². The Balaban J connectivity index is 2.10. The molecule has 1 aliphatic rings. The van der Waals surface area contributed by atoms with Gasteiger partial charge in [0.15, 0.2) is 5.65 Å². The van der Waals surface area contributed by atoms with E-state index in [1.54, 1.807) is 0 Å². The fourth-order valence-electron chi connectivity index (χ4n) is 3.81. The summed E-state index contributed by atoms with van der Waals surface area (Å²) >= 11 is 0. The Morgan fingerprint density at radius 2 is 2.24 bits per heavy atom. The van der Waals surface area contributed by atoms with Crippen LogP contribution in [0, 0.1) is 11.3 Å². The summed E-state index contributed by atoms with van der Waals surface area (Å²) in [6.07, 6.45) is 2.40. The molecule has 0 spiro atoms. The number of hydrogen-bond acceptors (Lipinski definition) is 4. The number of nitrogens with two attached hydrogens (primary N) is 1. The van der Waals surface area contributed by atoms with E-state index in [1.807, 2.05) is 41.7 Å². The number of benzene rings is 1. The molecule has 0 unspecified atom stereocenters. The van der Waals surface area contributed by atoms with Crippen LogP contribution in [0.2, 0.25) is 0 Å². The van der Waals surface area contributed by atoms with Crippen molar-refractivity contribution in [2.45, 2.75) is 32.2 Å². The van der Waals surface area contributed by atoms with Gasteiger partial charge in [-0.25, -0.2) is 4.98 Å². The molecule has 0 saturated carbocycles. The Hall–Kier alpha value is -3.07. The molecule has 6 nitrogen and oxygen atoms in total. The van der Waals surface area contributed by atoms with E-state index in [2.05, 4.69) is 11.0 Å². The van der Waals surface area contributed by atoms with Gasteiger partial charge in [0.05, 0.1) is 16.6 Å². The number of carbonyl (C=O) groups excluding carboxylic acids is 1. The monoisotopic (exact) mass is 333 g/mol. The van der Waals surface area contributed by atoms with E-state index in [1.165, 1.54) is 0 Å². The molecule has 1 aromatic carbocycles. The quantitative estimate of drug-likeness (QED) is 0.797. The summed E-state index contributed by atoms with van der Waals surface area (Å²) < 4.78 is 1.99. The van der Waals surface area contributed by atoms with Gasteiger partial charge in [0, 0.05) is 6.54 Å². The summed E-state index contributed by atoms with van der Waals surface area (Å²) in [6, 6.07) is 11.8. The Labute approximate surface area is 145 Å². The number of imidazole rings is 1. The highest BCUT2D eigenvalue weighted by Crippen LogP contribution is 2.32. The van der Waals surface area contributed by atoms with E-state index in [9.17, 15) is 10.1 Å². The molecule has 6 heteroatoms. The molecular weight excluding hydrogens is 314 g/mol. The highest BCUT2D eigenvalue weighted by Gasteiger charge is 2.32. The lowest BCUT2D eigenvalue weighted by Gasteiger charge is -2.26. The number of rotatable bonds is 3. The van der Waals surface area contributed by atoms with Crippen molar-refractivity contribution in [2.24, 2.45) is 5.73 Å². The number of primary amides is 1. The van der Waals surface area contributed by atoms with E-state index >= 15 is 0 Å². The molecule has 3 heterocycles. The van der Waals surface area contributed by atoms with Gasteiger partial charge in [-0.15, -0.1) is 0 Å². The predicted octanol–water partition coefficient (Wildman–Crippen LogP) is 2.38. The van der Waals surface area contributed by atoms with Crippen LogP contribution in [0.25, 0.3) is 16.7 Å². The number of nitrogens with zero attached hydrogens (tertiary/aromatic N) is 4. The SMILES string of the molecule is CCc1cc(N2CCC[C@@H]2C(N)=O)n2c(nc3ccccc32)c1C#N. The van der Waals surface area contributed by atoms with Crippen LogP contribution < -0.4 is 10.6 Å². The van der Waals surface area contributed by atoms with Crippen LogP contribution in [0.4, 0.5) is 5.82 Å². The first kappa shape index (κ1) is 15.5. The number of fused-ring (bicyclic) bond motifs is 3. The average Bonchev–Trinajstić information content (AvgIpc) is 3.25. The summed E-state index contributed by atoms with van der Waals surface area (Å²) in [7, 11) is 0. The van der Waals surface area contributed by atoms with Gasteiger partial charge in [0.25, 0.3) is 0 Å². The van der Waals surface area contributed by atoms with E-state index < -0.39 is 0 Å². The molecule has 1 atom stereocenters. The smallest absolute Gasteiger partial charge is 0.240 e. The lowest BCUT2D eigenvalue weighted by molar-refractivity contribution is -0.119. The Morgan fingerprint density at radius 1 is 1.44 bits per heavy atom. The molecular formula is C19H19N5O. The normalized spacial score (nSPS) is 17.3. The van der Waals surface area contributed by atoms with Gasteiger partial charge in [-0.05, 0) is 43.0 Å². The van der Waals surface area contributed by atoms with E-state index in [-0.39, 0.29) is 11.9 Å². The van der Waals surface area contributed by atoms with Gasteiger partial charge in [-0.3, -0.25) is 9.20 Å². The molecule has 0 bridgehead atoms. The number of aryl methyl sites for hydroxylation is 1. The maximum absolute atomic E-state index is 11.9. The van der Waals surface area contributed by atoms with Gasteiger partial charge in [0.2, 0.25) is 5.91 Å². The highest BCUT2D eigenvalue weighted by atomic mass is 16.1. The maximum Gasteiger partial charge on any atom is 0.240 e. The molecule has 1 aliphatic heterocycles. The van der Waals surface area contributed by atoms with Gasteiger partial charge in [-0.2, -0.15) is 5.26 Å². The third-order valence-corrected chi connectivity index (χ3v) is 5.01. The first-order valence-electron chi connectivity index (χ1n) is 8.54. The number of amides is 1. The van der Waals surface area contributed by atoms with Gasteiger partial charge >= 0.3 is 0 Å². The second kappa shape index (κ2) is 5.78. The summed E-state index contributed by atoms with van der Waals surface area (Å²) in [5.41, 5.74) is 9.58. The van der Waals surface area contributed by atoms with Crippen molar-refractivity contribution in [1.29, 1.82) is 5.26 Å². The molecule has 0 aliphatic carbocycles. The molecule has 1 amide bonds. The van der Waals surface area contributed by atoms with Crippen molar-refractivity contribution in [3.05, 3.63) is 41.5 Å². The molecule has 3 aromatic rings. The van der Waals surface area contributed by atoms with Crippen LogP contribution in [0.3, 0.4) is 0 Å². The second-order valence-corrected chi connectivity index (χ2v) is 6.38. The molecule has 2 aromatic heterocycles. The van der Waals surface area contributed by atoms with Crippen LogP contribution in [0.1, 0.15) is 30.9 Å². The number of nitriles is 1. The van der Waals surface area contributed by atoms with Crippen molar-refractivity contribution < 1.29 is 4.79 Å². The van der Waals surface area contributed by atoms with Crippen molar-refractivity contribution in [3.8, 4) is 6.07 Å². The number of carbonyl (C=O) groups is 1. The first-order valence-corrected chi connectivity index (χ1v) is 8.54. The number of para-hydroxylation sites is 2. The third-order valence-electron chi connectivity index (χ3n) is 5.01. The Morgan fingerprint density at radius 3 is 2.96 bits per heavy atom. The summed E-state index contributed by atoms with van der Waals surface area (Å²) in [6.45, 7) is 2.79. The molecule has 126 valence electrons. The molecule has 25 heavy (non-hydrogen) atoms. The predicted molar refractivity (Wildman–Crippen MR) is 96.4 cm³/mol. The molecule has 2 N–H and O–H groups in total. The topological polar surface area (TPSA) is 87.4 Å². The zero-order valence-corrected chi connectivity index (χ0v) is 14.1. The summed E-state index contributed by atoms with van der Waals surface area (Å²) in [4.78, 5) is 18.7. The maximum atomic E-state index is 11.9. The summed E-state index contributed by atoms with van der Waals surface area (Å²) in [5.74, 6) is 0.582. The van der Waals surface area contributed by atoms with Crippen LogP contribution >= 0.6 is 0 Å². The minimum atomic E-state index is -0.318. The standard InChI is InChI=1S/C19H19N5O/c1-2-12-10-17(23-9-5-8-16(23)18(21)25)24-15-7-4-3-6-14(15)22-19(24)13(12)11-20/h3-4,6-7,10,16H,2,5,8-9H2,1H3,(H2,21,25)/t16-/m1/s1. The van der Waals surface area contributed by atoms with Crippen LogP contribution in [-0.4, -0.2) is 27.9 Å². The number of anilines is 1. The van der Waals surface area contributed by atoms with Crippen LogP contribution in [-0.2, 0) is 11.2 Å². The van der Waals surface area contributed by atoms with E-state index in [0.717, 1.165) is 48.2 Å². The first-order chi connectivity index (χ1) is 12.2. The van der Waals surface area contributed by atoms with Crippen molar-refractivity contribution in [2.75, 3.05) is 11.4 Å². The average molecular weight is 333 g/mol. The molecule has 1 saturated heterocycles. The Kier molecular flexibility index (Phi) is 3.57.